The summed E-state index contributed by atoms with van der Waals surface area (Å²) in [5.41, 5.74) is -0.359. The van der Waals surface area contributed by atoms with Gasteiger partial charge in [0.2, 0.25) is 0 Å². The van der Waals surface area contributed by atoms with Crippen molar-refractivity contribution in [3.63, 3.8) is 0 Å². The van der Waals surface area contributed by atoms with Gasteiger partial charge in [0, 0.05) is 0 Å². The fourth-order valence-corrected chi connectivity index (χ4v) is 4.01. The first-order chi connectivity index (χ1) is 13.6. The van der Waals surface area contributed by atoms with Crippen molar-refractivity contribution in [1.29, 1.82) is 0 Å². The van der Waals surface area contributed by atoms with Gasteiger partial charge in [0.1, 0.15) is 21.5 Å². The standard InChI is InChI=1S/C21H23FO6S/c1-14(2)21(11-3-4-12-21)28-19-13-15(5-10-18(19)22)20(23)27-16-6-8-17(9-7-16)29(24,25)26/h5-10,13-14H,3-4,11-12H2,1-2H3,(H,24,25,26)/p-1. The Bertz CT molecular complexity index is 992. The molecule has 6 nitrogen and oxygen atoms in total. The number of esters is 1. The molecule has 0 aliphatic heterocycles. The number of rotatable bonds is 6. The minimum atomic E-state index is -4.58. The van der Waals surface area contributed by atoms with Gasteiger partial charge in [-0.15, -0.1) is 0 Å². The molecule has 2 aromatic rings. The van der Waals surface area contributed by atoms with Crippen LogP contribution in [0.25, 0.3) is 0 Å². The van der Waals surface area contributed by atoms with Crippen LogP contribution in [0, 0.1) is 11.7 Å². The van der Waals surface area contributed by atoms with Crippen LogP contribution in [0.2, 0.25) is 0 Å². The van der Waals surface area contributed by atoms with Crippen LogP contribution in [-0.2, 0) is 10.1 Å². The van der Waals surface area contributed by atoms with Gasteiger partial charge in [-0.1, -0.05) is 13.8 Å². The van der Waals surface area contributed by atoms with Gasteiger partial charge < -0.3 is 14.0 Å². The number of benzene rings is 2. The fourth-order valence-electron chi connectivity index (χ4n) is 3.54. The van der Waals surface area contributed by atoms with Crippen molar-refractivity contribution >= 4 is 16.1 Å². The van der Waals surface area contributed by atoms with E-state index in [1.165, 1.54) is 24.3 Å². The molecule has 0 bridgehead atoms. The molecule has 0 unspecified atom stereocenters. The van der Waals surface area contributed by atoms with Gasteiger partial charge in [-0.2, -0.15) is 0 Å². The molecule has 0 atom stereocenters. The first-order valence-electron chi connectivity index (χ1n) is 9.37. The Morgan fingerprint density at radius 2 is 1.72 bits per heavy atom. The second-order valence-electron chi connectivity index (χ2n) is 7.49. The smallest absolute Gasteiger partial charge is 0.343 e. The highest BCUT2D eigenvalue weighted by molar-refractivity contribution is 7.85. The molecular formula is C21H22FO6S-. The molecule has 2 aromatic carbocycles. The quantitative estimate of drug-likeness (QED) is 0.392. The van der Waals surface area contributed by atoms with Gasteiger partial charge in [0.05, 0.1) is 10.5 Å². The van der Waals surface area contributed by atoms with Crippen LogP contribution in [0.1, 0.15) is 49.9 Å². The van der Waals surface area contributed by atoms with Crippen LogP contribution in [0.3, 0.4) is 0 Å². The van der Waals surface area contributed by atoms with Crippen LogP contribution in [-0.4, -0.2) is 24.5 Å². The molecule has 1 aliphatic carbocycles. The highest BCUT2D eigenvalue weighted by atomic mass is 32.2. The molecule has 0 amide bonds. The van der Waals surface area contributed by atoms with Crippen LogP contribution < -0.4 is 9.47 Å². The minimum Gasteiger partial charge on any atom is -0.744 e. The van der Waals surface area contributed by atoms with E-state index in [0.717, 1.165) is 43.9 Å². The maximum Gasteiger partial charge on any atom is 0.343 e. The molecular weight excluding hydrogens is 399 g/mol. The van der Waals surface area contributed by atoms with Crippen molar-refractivity contribution in [1.82, 2.24) is 0 Å². The average molecular weight is 421 g/mol. The van der Waals surface area contributed by atoms with E-state index in [2.05, 4.69) is 0 Å². The monoisotopic (exact) mass is 421 g/mol. The molecule has 0 aromatic heterocycles. The fraction of sp³-hybridized carbons (Fsp3) is 0.381. The molecule has 0 radical (unpaired) electrons. The van der Waals surface area contributed by atoms with E-state index in [9.17, 15) is 22.2 Å². The van der Waals surface area contributed by atoms with E-state index in [-0.39, 0.29) is 23.0 Å². The average Bonchev–Trinajstić information content (AvgIpc) is 3.13. The summed E-state index contributed by atoms with van der Waals surface area (Å²) >= 11 is 0. The highest BCUT2D eigenvalue weighted by Gasteiger charge is 2.39. The Kier molecular flexibility index (Phi) is 5.95. The van der Waals surface area contributed by atoms with Crippen LogP contribution in [0.4, 0.5) is 4.39 Å². The molecule has 1 saturated carbocycles. The zero-order valence-corrected chi connectivity index (χ0v) is 17.0. The molecule has 156 valence electrons. The molecule has 29 heavy (non-hydrogen) atoms. The Morgan fingerprint density at radius 3 is 2.28 bits per heavy atom. The van der Waals surface area contributed by atoms with Crippen molar-refractivity contribution in [2.24, 2.45) is 5.92 Å². The van der Waals surface area contributed by atoms with Gasteiger partial charge in [-0.05, 0) is 74.1 Å². The summed E-state index contributed by atoms with van der Waals surface area (Å²) in [6.45, 7) is 4.07. The second kappa shape index (κ2) is 8.12. The van der Waals surface area contributed by atoms with E-state index in [0.29, 0.717) is 0 Å². The molecule has 8 heteroatoms. The number of hydrogen-bond donors (Lipinski definition) is 0. The zero-order chi connectivity index (χ0) is 21.2. The number of carbonyl (C=O) groups excluding carboxylic acids is 1. The maximum atomic E-state index is 14.3. The second-order valence-corrected chi connectivity index (χ2v) is 8.87. The van der Waals surface area contributed by atoms with Gasteiger partial charge in [-0.25, -0.2) is 17.6 Å². The van der Waals surface area contributed by atoms with E-state index < -0.39 is 32.4 Å². The summed E-state index contributed by atoms with van der Waals surface area (Å²) < 4.78 is 58.5. The Labute approximate surface area is 169 Å². The Balaban J connectivity index is 1.79. The molecule has 0 heterocycles. The van der Waals surface area contributed by atoms with Crippen molar-refractivity contribution in [2.75, 3.05) is 0 Å². The third-order valence-corrected chi connectivity index (χ3v) is 6.15. The summed E-state index contributed by atoms with van der Waals surface area (Å²) in [5, 5.41) is 0. The van der Waals surface area contributed by atoms with Crippen LogP contribution in [0.15, 0.2) is 47.4 Å². The first kappa shape index (κ1) is 21.3. The lowest BCUT2D eigenvalue weighted by Gasteiger charge is -2.34. The molecule has 0 spiro atoms. The van der Waals surface area contributed by atoms with Crippen molar-refractivity contribution in [2.45, 2.75) is 50.0 Å². The van der Waals surface area contributed by atoms with Crippen molar-refractivity contribution < 1.29 is 31.6 Å². The normalized spacial score (nSPS) is 16.0. The number of ether oxygens (including phenoxy) is 2. The zero-order valence-electron chi connectivity index (χ0n) is 16.2. The van der Waals surface area contributed by atoms with Crippen molar-refractivity contribution in [3.05, 3.63) is 53.8 Å². The van der Waals surface area contributed by atoms with E-state index >= 15 is 0 Å². The highest BCUT2D eigenvalue weighted by Crippen LogP contribution is 2.40. The number of carbonyl (C=O) groups is 1. The number of hydrogen-bond acceptors (Lipinski definition) is 6. The van der Waals surface area contributed by atoms with Gasteiger partial charge in [-0.3, -0.25) is 0 Å². The summed E-state index contributed by atoms with van der Waals surface area (Å²) in [7, 11) is -4.58. The van der Waals surface area contributed by atoms with Crippen LogP contribution in [0.5, 0.6) is 11.5 Å². The SMILES string of the molecule is CC(C)C1(Oc2cc(C(=O)Oc3ccc(S(=O)(=O)[O-])cc3)ccc2F)CCCC1. The predicted molar refractivity (Wildman–Crippen MR) is 102 cm³/mol. The van der Waals surface area contributed by atoms with E-state index in [1.54, 1.807) is 0 Å². The molecule has 0 N–H and O–H groups in total. The third-order valence-electron chi connectivity index (χ3n) is 5.31. The molecule has 3 rings (SSSR count). The lowest BCUT2D eigenvalue weighted by Crippen LogP contribution is -2.38. The first-order valence-corrected chi connectivity index (χ1v) is 10.8. The Morgan fingerprint density at radius 1 is 1.10 bits per heavy atom. The molecule has 0 saturated heterocycles. The Hall–Kier alpha value is -2.45. The third kappa shape index (κ3) is 4.76. The van der Waals surface area contributed by atoms with E-state index in [4.69, 9.17) is 9.47 Å². The summed E-state index contributed by atoms with van der Waals surface area (Å²) in [5.74, 6) is -1.06. The number of halogens is 1. The van der Waals surface area contributed by atoms with Crippen molar-refractivity contribution in [3.8, 4) is 11.5 Å². The van der Waals surface area contributed by atoms with Crippen LogP contribution >= 0.6 is 0 Å². The largest absolute Gasteiger partial charge is 0.744 e. The summed E-state index contributed by atoms with van der Waals surface area (Å²) in [6, 6.07) is 8.27. The van der Waals surface area contributed by atoms with Gasteiger partial charge >= 0.3 is 5.97 Å². The molecule has 1 aliphatic rings. The minimum absolute atomic E-state index is 0.00264. The summed E-state index contributed by atoms with van der Waals surface area (Å²) in [4.78, 5) is 12.0. The summed E-state index contributed by atoms with van der Waals surface area (Å²) in [6.07, 6.45) is 3.68. The van der Waals surface area contributed by atoms with Gasteiger partial charge in [0.15, 0.2) is 11.6 Å². The predicted octanol–water partition coefficient (Wildman–Crippen LogP) is 4.30. The molecule has 1 fully saturated rings. The topological polar surface area (TPSA) is 92.7 Å². The van der Waals surface area contributed by atoms with E-state index in [1.807, 2.05) is 13.8 Å². The van der Waals surface area contributed by atoms with Gasteiger partial charge in [0.25, 0.3) is 0 Å². The lowest BCUT2D eigenvalue weighted by molar-refractivity contribution is 0.0250. The lowest BCUT2D eigenvalue weighted by atomic mass is 9.88. The maximum absolute atomic E-state index is 14.3.